The molecule has 0 aliphatic heterocycles. The summed E-state index contributed by atoms with van der Waals surface area (Å²) in [5.74, 6) is -0.359. The van der Waals surface area contributed by atoms with Crippen molar-refractivity contribution in [3.8, 4) is 0 Å². The van der Waals surface area contributed by atoms with Gasteiger partial charge in [0.1, 0.15) is 5.82 Å². The molecule has 0 saturated carbocycles. The Kier molecular flexibility index (Phi) is 2.88. The number of halogens is 1. The third-order valence-corrected chi connectivity index (χ3v) is 3.78. The molecule has 0 amide bonds. The van der Waals surface area contributed by atoms with Gasteiger partial charge in [-0.2, -0.15) is 0 Å². The van der Waals surface area contributed by atoms with Gasteiger partial charge in [0, 0.05) is 5.92 Å². The maximum atomic E-state index is 13.8. The Morgan fingerprint density at radius 3 is 2.39 bits per heavy atom. The van der Waals surface area contributed by atoms with Crippen molar-refractivity contribution < 1.29 is 9.50 Å². The zero-order valence-corrected chi connectivity index (χ0v) is 10.0. The van der Waals surface area contributed by atoms with Crippen molar-refractivity contribution in [2.24, 2.45) is 0 Å². The van der Waals surface area contributed by atoms with Gasteiger partial charge < -0.3 is 5.11 Å². The van der Waals surface area contributed by atoms with Crippen molar-refractivity contribution >= 4 is 0 Å². The van der Waals surface area contributed by atoms with Crippen LogP contribution in [0.3, 0.4) is 0 Å². The van der Waals surface area contributed by atoms with Gasteiger partial charge in [-0.1, -0.05) is 42.5 Å². The minimum absolute atomic E-state index is 0.138. The van der Waals surface area contributed by atoms with Crippen LogP contribution in [-0.4, -0.2) is 5.11 Å². The molecule has 0 saturated heterocycles. The van der Waals surface area contributed by atoms with Gasteiger partial charge in [-0.05, 0) is 35.6 Å². The first-order valence-electron chi connectivity index (χ1n) is 6.27. The highest BCUT2D eigenvalue weighted by Gasteiger charge is 2.30. The first-order chi connectivity index (χ1) is 8.77. The molecule has 18 heavy (non-hydrogen) atoms. The van der Waals surface area contributed by atoms with Crippen LogP contribution in [0.2, 0.25) is 0 Å². The minimum atomic E-state index is -0.605. The number of benzene rings is 2. The highest BCUT2D eigenvalue weighted by molar-refractivity contribution is 5.36. The van der Waals surface area contributed by atoms with E-state index in [-0.39, 0.29) is 11.7 Å². The highest BCUT2D eigenvalue weighted by Crippen LogP contribution is 2.41. The van der Waals surface area contributed by atoms with Crippen LogP contribution in [0.1, 0.15) is 35.1 Å². The van der Waals surface area contributed by atoms with Crippen LogP contribution in [0, 0.1) is 5.82 Å². The summed E-state index contributed by atoms with van der Waals surface area (Å²) in [4.78, 5) is 0. The van der Waals surface area contributed by atoms with E-state index in [0.29, 0.717) is 5.56 Å². The molecular weight excluding hydrogens is 227 g/mol. The molecule has 2 heteroatoms. The fraction of sp³-hybridized carbons (Fsp3) is 0.250. The van der Waals surface area contributed by atoms with E-state index in [4.69, 9.17) is 0 Å². The normalized spacial score (nSPS) is 22.6. The average Bonchev–Trinajstić information content (AvgIpc) is 2.41. The molecule has 1 nitrogen and oxygen atoms in total. The summed E-state index contributed by atoms with van der Waals surface area (Å²) in [5, 5.41) is 10.4. The first-order valence-corrected chi connectivity index (χ1v) is 6.27. The molecule has 2 aromatic rings. The lowest BCUT2D eigenvalue weighted by molar-refractivity contribution is 0.130. The molecule has 1 N–H and O–H groups in total. The van der Waals surface area contributed by atoms with Crippen LogP contribution in [0.5, 0.6) is 0 Å². The molecule has 0 spiro atoms. The number of hydrogen-bond acceptors (Lipinski definition) is 1. The molecule has 0 radical (unpaired) electrons. The van der Waals surface area contributed by atoms with E-state index in [0.717, 1.165) is 18.4 Å². The second kappa shape index (κ2) is 4.54. The lowest BCUT2D eigenvalue weighted by Crippen LogP contribution is -2.19. The van der Waals surface area contributed by atoms with Crippen molar-refractivity contribution in [2.45, 2.75) is 24.9 Å². The summed E-state index contributed by atoms with van der Waals surface area (Å²) in [7, 11) is 0. The monoisotopic (exact) mass is 242 g/mol. The summed E-state index contributed by atoms with van der Waals surface area (Å²) in [6.45, 7) is 0. The minimum Gasteiger partial charge on any atom is -0.388 e. The maximum absolute atomic E-state index is 13.8. The van der Waals surface area contributed by atoms with E-state index in [9.17, 15) is 9.50 Å². The van der Waals surface area contributed by atoms with Crippen molar-refractivity contribution in [2.75, 3.05) is 0 Å². The van der Waals surface area contributed by atoms with E-state index in [1.54, 1.807) is 12.1 Å². The Morgan fingerprint density at radius 1 is 0.944 bits per heavy atom. The summed E-state index contributed by atoms with van der Waals surface area (Å²) in [5.41, 5.74) is 2.74. The summed E-state index contributed by atoms with van der Waals surface area (Å²) >= 11 is 0. The third kappa shape index (κ3) is 1.83. The largest absolute Gasteiger partial charge is 0.388 e. The molecule has 2 aromatic carbocycles. The summed E-state index contributed by atoms with van der Waals surface area (Å²) in [6, 6.07) is 14.6. The third-order valence-electron chi connectivity index (χ3n) is 3.78. The lowest BCUT2D eigenvalue weighted by atomic mass is 9.78. The first kappa shape index (κ1) is 11.4. The Bertz CT molecular complexity index is 565. The van der Waals surface area contributed by atoms with Crippen LogP contribution < -0.4 is 0 Å². The zero-order valence-electron chi connectivity index (χ0n) is 10.0. The quantitative estimate of drug-likeness (QED) is 0.810. The molecule has 0 heterocycles. The van der Waals surface area contributed by atoms with E-state index < -0.39 is 6.10 Å². The summed E-state index contributed by atoms with van der Waals surface area (Å²) in [6.07, 6.45) is 1.08. The maximum Gasteiger partial charge on any atom is 0.126 e. The van der Waals surface area contributed by atoms with E-state index in [1.165, 1.54) is 11.6 Å². The molecular formula is C16H15FO. The summed E-state index contributed by atoms with van der Waals surface area (Å²) < 4.78 is 13.8. The van der Waals surface area contributed by atoms with Crippen LogP contribution in [0.15, 0.2) is 48.5 Å². The zero-order chi connectivity index (χ0) is 12.5. The molecule has 0 unspecified atom stereocenters. The number of aliphatic hydroxyl groups is 1. The van der Waals surface area contributed by atoms with Gasteiger partial charge in [0.15, 0.2) is 0 Å². The second-order valence-corrected chi connectivity index (χ2v) is 4.81. The van der Waals surface area contributed by atoms with Crippen molar-refractivity contribution in [1.82, 2.24) is 0 Å². The van der Waals surface area contributed by atoms with Crippen LogP contribution in [0.4, 0.5) is 4.39 Å². The van der Waals surface area contributed by atoms with E-state index in [2.05, 4.69) is 0 Å². The van der Waals surface area contributed by atoms with E-state index >= 15 is 0 Å². The van der Waals surface area contributed by atoms with Gasteiger partial charge >= 0.3 is 0 Å². The average molecular weight is 242 g/mol. The second-order valence-electron chi connectivity index (χ2n) is 4.81. The fourth-order valence-electron chi connectivity index (χ4n) is 2.84. The highest BCUT2D eigenvalue weighted by atomic mass is 19.1. The molecule has 2 atom stereocenters. The lowest BCUT2D eigenvalue weighted by Gasteiger charge is -2.30. The number of aliphatic hydroxyl groups excluding tert-OH is 1. The van der Waals surface area contributed by atoms with Gasteiger partial charge in [-0.25, -0.2) is 4.39 Å². The molecule has 1 aliphatic carbocycles. The van der Waals surface area contributed by atoms with Crippen molar-refractivity contribution in [1.29, 1.82) is 0 Å². The molecule has 0 fully saturated rings. The van der Waals surface area contributed by atoms with Crippen molar-refractivity contribution in [3.05, 3.63) is 71.0 Å². The molecule has 0 aromatic heterocycles. The molecule has 3 rings (SSSR count). The Morgan fingerprint density at radius 2 is 1.61 bits per heavy atom. The van der Waals surface area contributed by atoms with E-state index in [1.807, 2.05) is 30.3 Å². The van der Waals surface area contributed by atoms with Gasteiger partial charge in [-0.3, -0.25) is 0 Å². The van der Waals surface area contributed by atoms with Gasteiger partial charge in [0.2, 0.25) is 0 Å². The van der Waals surface area contributed by atoms with Crippen molar-refractivity contribution in [3.63, 3.8) is 0 Å². The predicted molar refractivity (Wildman–Crippen MR) is 68.9 cm³/mol. The predicted octanol–water partition coefficient (Wildman–Crippen LogP) is 3.59. The Hall–Kier alpha value is -1.67. The van der Waals surface area contributed by atoms with Gasteiger partial charge in [0.05, 0.1) is 6.10 Å². The van der Waals surface area contributed by atoms with Gasteiger partial charge in [-0.15, -0.1) is 0 Å². The standard InChI is InChI=1S/C16H15FO/c17-15-8-4-3-7-13(15)14-10-9-11-5-1-2-6-12(11)16(14)18/h1-8,14,16,18H,9-10H2/t14-,16+/m1/s1. The number of aryl methyl sites for hydroxylation is 1. The topological polar surface area (TPSA) is 20.2 Å². The number of hydrogen-bond donors (Lipinski definition) is 1. The number of fused-ring (bicyclic) bond motifs is 1. The number of rotatable bonds is 1. The molecule has 1 aliphatic rings. The van der Waals surface area contributed by atoms with Crippen LogP contribution in [0.25, 0.3) is 0 Å². The van der Waals surface area contributed by atoms with Crippen LogP contribution >= 0.6 is 0 Å². The Balaban J connectivity index is 2.00. The fourth-order valence-corrected chi connectivity index (χ4v) is 2.84. The molecule has 92 valence electrons. The SMILES string of the molecule is O[C@H]1c2ccccc2CC[C@@H]1c1ccccc1F. The smallest absolute Gasteiger partial charge is 0.126 e. The van der Waals surface area contributed by atoms with Gasteiger partial charge in [0.25, 0.3) is 0 Å². The molecule has 0 bridgehead atoms. The van der Waals surface area contributed by atoms with Crippen LogP contribution in [-0.2, 0) is 6.42 Å². The Labute approximate surface area is 106 Å².